The number of halogens is 1. The number of hydrogen-bond donors (Lipinski definition) is 2. The van der Waals surface area contributed by atoms with Crippen molar-refractivity contribution in [3.05, 3.63) is 35.6 Å². The Bertz CT molecular complexity index is 435. The van der Waals surface area contributed by atoms with Crippen molar-refractivity contribution in [2.45, 2.75) is 26.2 Å². The number of benzene rings is 1. The van der Waals surface area contributed by atoms with E-state index < -0.39 is 0 Å². The Hall–Kier alpha value is -1.91. The summed E-state index contributed by atoms with van der Waals surface area (Å²) >= 11 is 0. The van der Waals surface area contributed by atoms with Gasteiger partial charge >= 0.3 is 0 Å². The smallest absolute Gasteiger partial charge is 0.220 e. The maximum absolute atomic E-state index is 13.3. The first-order chi connectivity index (χ1) is 9.09. The van der Waals surface area contributed by atoms with E-state index in [1.54, 1.807) is 18.2 Å². The summed E-state index contributed by atoms with van der Waals surface area (Å²) in [5, 5.41) is 5.38. The van der Waals surface area contributed by atoms with Gasteiger partial charge in [0, 0.05) is 26.4 Å². The lowest BCUT2D eigenvalue weighted by molar-refractivity contribution is -0.121. The van der Waals surface area contributed by atoms with Crippen LogP contribution in [0.25, 0.3) is 0 Å². The van der Waals surface area contributed by atoms with Crippen LogP contribution in [0.4, 0.5) is 4.39 Å². The first kappa shape index (κ1) is 15.1. The summed E-state index contributed by atoms with van der Waals surface area (Å²) in [5.41, 5.74) is 0.552. The van der Waals surface area contributed by atoms with E-state index in [1.807, 2.05) is 0 Å². The number of carbonyl (C=O) groups is 2. The van der Waals surface area contributed by atoms with Gasteiger partial charge in [-0.05, 0) is 24.5 Å². The maximum Gasteiger partial charge on any atom is 0.220 e. The van der Waals surface area contributed by atoms with Gasteiger partial charge in [-0.25, -0.2) is 4.39 Å². The highest BCUT2D eigenvalue weighted by Crippen LogP contribution is 2.08. The third kappa shape index (κ3) is 6.55. The van der Waals surface area contributed by atoms with Crippen LogP contribution in [0.3, 0.4) is 0 Å². The van der Waals surface area contributed by atoms with Gasteiger partial charge in [-0.3, -0.25) is 9.59 Å². The summed E-state index contributed by atoms with van der Waals surface area (Å²) in [5.74, 6) is -0.460. The number of carbonyl (C=O) groups excluding carboxylic acids is 2. The van der Waals surface area contributed by atoms with Gasteiger partial charge < -0.3 is 10.6 Å². The number of aryl methyl sites for hydroxylation is 1. The Morgan fingerprint density at radius 3 is 2.53 bits per heavy atom. The third-order valence-electron chi connectivity index (χ3n) is 2.63. The van der Waals surface area contributed by atoms with Gasteiger partial charge in [0.1, 0.15) is 5.82 Å². The molecule has 0 saturated carbocycles. The Labute approximate surface area is 112 Å². The van der Waals surface area contributed by atoms with E-state index in [9.17, 15) is 14.0 Å². The maximum atomic E-state index is 13.3. The van der Waals surface area contributed by atoms with Crippen LogP contribution in [-0.2, 0) is 16.0 Å². The van der Waals surface area contributed by atoms with Gasteiger partial charge in [-0.1, -0.05) is 18.2 Å². The summed E-state index contributed by atoms with van der Waals surface area (Å²) in [4.78, 5) is 22.1. The van der Waals surface area contributed by atoms with E-state index in [0.29, 0.717) is 31.5 Å². The van der Waals surface area contributed by atoms with Crippen LogP contribution in [0, 0.1) is 5.82 Å². The fourth-order valence-electron chi connectivity index (χ4n) is 1.62. The number of nitrogens with one attached hydrogen (secondary N) is 2. The number of hydrogen-bond acceptors (Lipinski definition) is 2. The largest absolute Gasteiger partial charge is 0.356 e. The minimum Gasteiger partial charge on any atom is -0.356 e. The molecule has 5 heteroatoms. The molecule has 1 aromatic rings. The minimum atomic E-state index is -0.277. The van der Waals surface area contributed by atoms with Crippen molar-refractivity contribution in [2.24, 2.45) is 0 Å². The summed E-state index contributed by atoms with van der Waals surface area (Å²) in [6, 6.07) is 6.45. The van der Waals surface area contributed by atoms with Crippen LogP contribution in [-0.4, -0.2) is 24.9 Å². The lowest BCUT2D eigenvalue weighted by atomic mass is 10.1. The van der Waals surface area contributed by atoms with Crippen molar-refractivity contribution in [3.8, 4) is 0 Å². The topological polar surface area (TPSA) is 58.2 Å². The van der Waals surface area contributed by atoms with E-state index in [2.05, 4.69) is 10.6 Å². The molecule has 0 aliphatic carbocycles. The number of rotatable bonds is 7. The lowest BCUT2D eigenvalue weighted by Gasteiger charge is -2.06. The molecule has 2 amide bonds. The molecule has 0 bridgehead atoms. The molecule has 1 rings (SSSR count). The standard InChI is InChI=1S/C14H19FN2O2/c1-11(18)16-9-4-10-17-14(19)8-7-12-5-2-3-6-13(12)15/h2-3,5-6H,4,7-10H2,1H3,(H,16,18)(H,17,19). The molecule has 0 spiro atoms. The predicted octanol–water partition coefficient (Wildman–Crippen LogP) is 1.40. The van der Waals surface area contributed by atoms with Gasteiger partial charge in [0.25, 0.3) is 0 Å². The average molecular weight is 266 g/mol. The van der Waals surface area contributed by atoms with Crippen LogP contribution >= 0.6 is 0 Å². The second kappa shape index (κ2) is 8.24. The first-order valence-corrected chi connectivity index (χ1v) is 6.34. The van der Waals surface area contributed by atoms with E-state index in [0.717, 1.165) is 0 Å². The molecule has 0 heterocycles. The molecule has 0 aromatic heterocycles. The summed E-state index contributed by atoms with van der Waals surface area (Å²) < 4.78 is 13.3. The first-order valence-electron chi connectivity index (χ1n) is 6.34. The fraction of sp³-hybridized carbons (Fsp3) is 0.429. The summed E-state index contributed by atoms with van der Waals surface area (Å²) in [7, 11) is 0. The van der Waals surface area contributed by atoms with Crippen LogP contribution in [0.15, 0.2) is 24.3 Å². The highest BCUT2D eigenvalue weighted by molar-refractivity contribution is 5.76. The van der Waals surface area contributed by atoms with Gasteiger partial charge in [0.2, 0.25) is 11.8 Å². The zero-order chi connectivity index (χ0) is 14.1. The van der Waals surface area contributed by atoms with Crippen molar-refractivity contribution in [3.63, 3.8) is 0 Å². The monoisotopic (exact) mass is 266 g/mol. The molecule has 0 aliphatic rings. The quantitative estimate of drug-likeness (QED) is 0.733. The lowest BCUT2D eigenvalue weighted by Crippen LogP contribution is -2.28. The Morgan fingerprint density at radius 2 is 1.84 bits per heavy atom. The molecule has 4 nitrogen and oxygen atoms in total. The molecule has 0 unspecified atom stereocenters. The van der Waals surface area contributed by atoms with Crippen LogP contribution in [0.5, 0.6) is 0 Å². The highest BCUT2D eigenvalue weighted by Gasteiger charge is 2.05. The zero-order valence-electron chi connectivity index (χ0n) is 11.0. The van der Waals surface area contributed by atoms with Crippen LogP contribution in [0.1, 0.15) is 25.3 Å². The normalized spacial score (nSPS) is 10.0. The van der Waals surface area contributed by atoms with E-state index in [4.69, 9.17) is 0 Å². The Kier molecular flexibility index (Phi) is 6.57. The molecule has 0 aliphatic heterocycles. The Balaban J connectivity index is 2.15. The fourth-order valence-corrected chi connectivity index (χ4v) is 1.62. The molecule has 1 aromatic carbocycles. The molecule has 104 valence electrons. The SMILES string of the molecule is CC(=O)NCCCNC(=O)CCc1ccccc1F. The summed E-state index contributed by atoms with van der Waals surface area (Å²) in [6.45, 7) is 2.51. The second-order valence-electron chi connectivity index (χ2n) is 4.28. The van der Waals surface area contributed by atoms with E-state index in [1.165, 1.54) is 13.0 Å². The zero-order valence-corrected chi connectivity index (χ0v) is 11.0. The Morgan fingerprint density at radius 1 is 1.16 bits per heavy atom. The molecule has 19 heavy (non-hydrogen) atoms. The molecule has 0 fully saturated rings. The second-order valence-corrected chi connectivity index (χ2v) is 4.28. The summed E-state index contributed by atoms with van der Waals surface area (Å²) in [6.07, 6.45) is 1.34. The number of amides is 2. The van der Waals surface area contributed by atoms with Crippen molar-refractivity contribution >= 4 is 11.8 Å². The van der Waals surface area contributed by atoms with Crippen molar-refractivity contribution in [2.75, 3.05) is 13.1 Å². The van der Waals surface area contributed by atoms with E-state index in [-0.39, 0.29) is 24.1 Å². The van der Waals surface area contributed by atoms with Gasteiger partial charge in [-0.2, -0.15) is 0 Å². The highest BCUT2D eigenvalue weighted by atomic mass is 19.1. The van der Waals surface area contributed by atoms with Crippen molar-refractivity contribution < 1.29 is 14.0 Å². The van der Waals surface area contributed by atoms with Crippen LogP contribution < -0.4 is 10.6 Å². The molecular weight excluding hydrogens is 247 g/mol. The minimum absolute atomic E-state index is 0.0779. The molecule has 0 atom stereocenters. The molecule has 0 saturated heterocycles. The third-order valence-corrected chi connectivity index (χ3v) is 2.63. The molecular formula is C14H19FN2O2. The average Bonchev–Trinajstić information content (AvgIpc) is 2.37. The van der Waals surface area contributed by atoms with Crippen LogP contribution in [0.2, 0.25) is 0 Å². The molecule has 2 N–H and O–H groups in total. The van der Waals surface area contributed by atoms with E-state index >= 15 is 0 Å². The van der Waals surface area contributed by atoms with Gasteiger partial charge in [0.15, 0.2) is 0 Å². The van der Waals surface area contributed by atoms with Gasteiger partial charge in [0.05, 0.1) is 0 Å². The van der Waals surface area contributed by atoms with Crippen molar-refractivity contribution in [1.29, 1.82) is 0 Å². The van der Waals surface area contributed by atoms with Gasteiger partial charge in [-0.15, -0.1) is 0 Å². The molecule has 0 radical (unpaired) electrons. The van der Waals surface area contributed by atoms with Crippen molar-refractivity contribution in [1.82, 2.24) is 10.6 Å². The predicted molar refractivity (Wildman–Crippen MR) is 71.0 cm³/mol.